The number of pyridine rings is 1. The highest BCUT2D eigenvalue weighted by Gasteiger charge is 2.27. The van der Waals surface area contributed by atoms with E-state index in [1.165, 1.54) is 6.20 Å². The molecule has 1 aromatic heterocycles. The topological polar surface area (TPSA) is 83.5 Å². The van der Waals surface area contributed by atoms with Gasteiger partial charge in [-0.25, -0.2) is 4.98 Å². The van der Waals surface area contributed by atoms with Gasteiger partial charge in [0.1, 0.15) is 6.61 Å². The van der Waals surface area contributed by atoms with Crippen LogP contribution in [0.5, 0.6) is 5.88 Å². The molecule has 3 N–H and O–H groups in total. The summed E-state index contributed by atoms with van der Waals surface area (Å²) in [6, 6.07) is 3.04. The molecule has 21 heavy (non-hydrogen) atoms. The first-order valence-electron chi connectivity index (χ1n) is 6.08. The van der Waals surface area contributed by atoms with Crippen LogP contribution >= 0.6 is 36.4 Å². The lowest BCUT2D eigenvalue weighted by molar-refractivity contribution is -0.123. The Bertz CT molecular complexity index is 434. The second kappa shape index (κ2) is 10.0. The molecule has 1 fully saturated rings. The number of rotatable bonds is 5. The summed E-state index contributed by atoms with van der Waals surface area (Å²) < 4.78 is 5.34. The normalized spacial score (nSPS) is 20.1. The number of hydrogen-bond donors (Lipinski definition) is 3. The maximum atomic E-state index is 11.7. The van der Waals surface area contributed by atoms with Crippen molar-refractivity contribution in [3.63, 3.8) is 0 Å². The largest absolute Gasteiger partial charge is 0.476 e. The van der Waals surface area contributed by atoms with Gasteiger partial charge in [-0.2, -0.15) is 0 Å². The van der Waals surface area contributed by atoms with Crippen molar-refractivity contribution in [2.24, 2.45) is 0 Å². The van der Waals surface area contributed by atoms with Crippen LogP contribution < -0.4 is 15.4 Å². The molecule has 0 saturated carbocycles. The van der Waals surface area contributed by atoms with Crippen molar-refractivity contribution in [3.8, 4) is 5.88 Å². The Morgan fingerprint density at radius 3 is 2.86 bits per heavy atom. The van der Waals surface area contributed by atoms with Gasteiger partial charge in [0.05, 0.1) is 23.7 Å². The molecule has 2 unspecified atom stereocenters. The third-order valence-corrected chi connectivity index (χ3v) is 3.00. The van der Waals surface area contributed by atoms with Crippen LogP contribution in [-0.2, 0) is 4.79 Å². The Balaban J connectivity index is 0.00000200. The van der Waals surface area contributed by atoms with Crippen molar-refractivity contribution in [2.75, 3.05) is 19.7 Å². The van der Waals surface area contributed by atoms with E-state index in [2.05, 4.69) is 15.6 Å². The first-order valence-corrected chi connectivity index (χ1v) is 6.46. The van der Waals surface area contributed by atoms with E-state index in [0.29, 0.717) is 37.0 Å². The third-order valence-electron chi connectivity index (χ3n) is 2.78. The lowest BCUT2D eigenvalue weighted by Gasteiger charge is -2.11. The van der Waals surface area contributed by atoms with Gasteiger partial charge in [-0.3, -0.25) is 4.79 Å². The first kappa shape index (κ1) is 20.2. The molecule has 0 spiro atoms. The number of aliphatic hydroxyl groups excluding tert-OH is 1. The average molecular weight is 359 g/mol. The zero-order chi connectivity index (χ0) is 13.7. The van der Waals surface area contributed by atoms with Crippen LogP contribution in [-0.4, -0.2) is 47.8 Å². The Morgan fingerprint density at radius 1 is 1.52 bits per heavy atom. The van der Waals surface area contributed by atoms with Crippen LogP contribution in [0.3, 0.4) is 0 Å². The molecule has 9 heteroatoms. The van der Waals surface area contributed by atoms with E-state index in [0.717, 1.165) is 0 Å². The predicted octanol–water partition coefficient (Wildman–Crippen LogP) is 0.796. The third kappa shape index (κ3) is 6.67. The SMILES string of the molecule is Cl.Cl.O=C(NCCOc1ccc(Cl)cn1)C1CC(O)CN1. The van der Waals surface area contributed by atoms with Gasteiger partial charge < -0.3 is 20.5 Å². The molecule has 1 aliphatic heterocycles. The fourth-order valence-electron chi connectivity index (χ4n) is 1.82. The number of ether oxygens (including phenoxy) is 1. The summed E-state index contributed by atoms with van der Waals surface area (Å²) in [6.07, 6.45) is 1.51. The molecule has 1 saturated heterocycles. The lowest BCUT2D eigenvalue weighted by Crippen LogP contribution is -2.41. The van der Waals surface area contributed by atoms with Crippen LogP contribution in [0.2, 0.25) is 5.02 Å². The first-order chi connectivity index (χ1) is 9.15. The summed E-state index contributed by atoms with van der Waals surface area (Å²) in [6.45, 7) is 1.18. The number of β-amino-alcohol motifs (C(OH)–C–C–N with tert-alkyl or cyclic N) is 1. The monoisotopic (exact) mass is 357 g/mol. The van der Waals surface area contributed by atoms with E-state index in [9.17, 15) is 9.90 Å². The highest BCUT2D eigenvalue weighted by molar-refractivity contribution is 6.30. The highest BCUT2D eigenvalue weighted by atomic mass is 35.5. The summed E-state index contributed by atoms with van der Waals surface area (Å²) >= 11 is 5.70. The van der Waals surface area contributed by atoms with Crippen molar-refractivity contribution in [1.29, 1.82) is 0 Å². The minimum absolute atomic E-state index is 0. The minimum Gasteiger partial charge on any atom is -0.476 e. The van der Waals surface area contributed by atoms with Crippen molar-refractivity contribution in [2.45, 2.75) is 18.6 Å². The molecular weight excluding hydrogens is 341 g/mol. The number of nitrogens with one attached hydrogen (secondary N) is 2. The van der Waals surface area contributed by atoms with Crippen LogP contribution in [0.4, 0.5) is 0 Å². The molecule has 1 aliphatic rings. The zero-order valence-corrected chi connectivity index (χ0v) is 13.5. The number of amides is 1. The Labute approximate surface area is 140 Å². The fourth-order valence-corrected chi connectivity index (χ4v) is 1.93. The Kier molecular flexibility index (Phi) is 9.65. The second-order valence-corrected chi connectivity index (χ2v) is 4.74. The molecule has 0 aromatic carbocycles. The number of carbonyl (C=O) groups excluding carboxylic acids is 1. The van der Waals surface area contributed by atoms with E-state index in [4.69, 9.17) is 16.3 Å². The summed E-state index contributed by atoms with van der Waals surface area (Å²) in [7, 11) is 0. The van der Waals surface area contributed by atoms with E-state index in [1.807, 2.05) is 0 Å². The number of aliphatic hydroxyl groups is 1. The van der Waals surface area contributed by atoms with Gasteiger partial charge in [0.2, 0.25) is 11.8 Å². The molecule has 6 nitrogen and oxygen atoms in total. The van der Waals surface area contributed by atoms with Gasteiger partial charge >= 0.3 is 0 Å². The van der Waals surface area contributed by atoms with Gasteiger partial charge in [-0.15, -0.1) is 24.8 Å². The van der Waals surface area contributed by atoms with Crippen molar-refractivity contribution in [1.82, 2.24) is 15.6 Å². The van der Waals surface area contributed by atoms with Gasteiger partial charge in [0, 0.05) is 18.8 Å². The smallest absolute Gasteiger partial charge is 0.237 e. The predicted molar refractivity (Wildman–Crippen MR) is 84.7 cm³/mol. The molecule has 2 rings (SSSR count). The molecule has 1 amide bonds. The van der Waals surface area contributed by atoms with E-state index < -0.39 is 6.10 Å². The molecule has 2 atom stereocenters. The average Bonchev–Trinajstić information content (AvgIpc) is 2.83. The van der Waals surface area contributed by atoms with Crippen molar-refractivity contribution in [3.05, 3.63) is 23.4 Å². The van der Waals surface area contributed by atoms with Crippen LogP contribution in [0, 0.1) is 0 Å². The summed E-state index contributed by atoms with van der Waals surface area (Å²) in [4.78, 5) is 15.6. The standard InChI is InChI=1S/C12H16ClN3O3.2ClH/c13-8-1-2-11(16-6-8)19-4-3-14-12(18)10-5-9(17)7-15-10;;/h1-2,6,9-10,15,17H,3-5,7H2,(H,14,18);2*1H. The second-order valence-electron chi connectivity index (χ2n) is 4.30. The van der Waals surface area contributed by atoms with Gasteiger partial charge in [0.25, 0.3) is 0 Å². The molecule has 1 aromatic rings. The van der Waals surface area contributed by atoms with E-state index in [-0.39, 0.29) is 36.8 Å². The van der Waals surface area contributed by atoms with E-state index in [1.54, 1.807) is 12.1 Å². The molecule has 0 bridgehead atoms. The number of carbonyl (C=O) groups is 1. The molecule has 0 aliphatic carbocycles. The Morgan fingerprint density at radius 2 is 2.29 bits per heavy atom. The van der Waals surface area contributed by atoms with Gasteiger partial charge in [-0.1, -0.05) is 11.6 Å². The maximum absolute atomic E-state index is 11.7. The van der Waals surface area contributed by atoms with E-state index >= 15 is 0 Å². The minimum atomic E-state index is -0.440. The van der Waals surface area contributed by atoms with Gasteiger partial charge in [-0.05, 0) is 12.5 Å². The van der Waals surface area contributed by atoms with Crippen LogP contribution in [0.15, 0.2) is 18.3 Å². The van der Waals surface area contributed by atoms with Gasteiger partial charge in [0.15, 0.2) is 0 Å². The number of nitrogens with zero attached hydrogens (tertiary/aromatic N) is 1. The zero-order valence-electron chi connectivity index (χ0n) is 11.1. The quantitative estimate of drug-likeness (QED) is 0.678. The molecule has 2 heterocycles. The summed E-state index contributed by atoms with van der Waals surface area (Å²) in [5.41, 5.74) is 0. The fraction of sp³-hybridized carbons (Fsp3) is 0.500. The molecular formula is C12H18Cl3N3O3. The lowest BCUT2D eigenvalue weighted by atomic mass is 10.2. The van der Waals surface area contributed by atoms with Crippen molar-refractivity contribution >= 4 is 42.3 Å². The summed E-state index contributed by atoms with van der Waals surface area (Å²) in [5.74, 6) is 0.345. The molecule has 0 radical (unpaired) electrons. The number of halogens is 3. The molecule has 120 valence electrons. The number of aromatic nitrogens is 1. The Hall–Kier alpha value is -0.790. The summed E-state index contributed by atoms with van der Waals surface area (Å²) in [5, 5.41) is 15.5. The maximum Gasteiger partial charge on any atom is 0.237 e. The van der Waals surface area contributed by atoms with Crippen LogP contribution in [0.25, 0.3) is 0 Å². The number of hydrogen-bond acceptors (Lipinski definition) is 5. The highest BCUT2D eigenvalue weighted by Crippen LogP contribution is 2.11. The van der Waals surface area contributed by atoms with Crippen LogP contribution in [0.1, 0.15) is 6.42 Å². The van der Waals surface area contributed by atoms with Crippen molar-refractivity contribution < 1.29 is 14.6 Å².